The molecule has 2 amide bonds. The Morgan fingerprint density at radius 2 is 1.78 bits per heavy atom. The van der Waals surface area contributed by atoms with E-state index in [9.17, 15) is 14.4 Å². The number of hydrogen-bond donors (Lipinski definition) is 0. The maximum atomic E-state index is 12.0. The van der Waals surface area contributed by atoms with Crippen molar-refractivity contribution in [2.45, 2.75) is 6.04 Å². The van der Waals surface area contributed by atoms with Gasteiger partial charge in [-0.25, -0.2) is 9.69 Å². The Balaban J connectivity index is 2.45. The molecule has 1 aromatic carbocycles. The van der Waals surface area contributed by atoms with Crippen molar-refractivity contribution in [3.05, 3.63) is 35.4 Å². The summed E-state index contributed by atoms with van der Waals surface area (Å²) in [4.78, 5) is 36.0. The normalized spacial score (nSPS) is 15.0. The highest BCUT2D eigenvalue weighted by molar-refractivity contribution is 6.23. The van der Waals surface area contributed by atoms with Crippen LogP contribution in [0.4, 0.5) is 0 Å². The van der Waals surface area contributed by atoms with E-state index in [-0.39, 0.29) is 11.1 Å². The zero-order valence-corrected chi connectivity index (χ0v) is 9.41. The third-order valence-electron chi connectivity index (χ3n) is 2.63. The minimum absolute atomic E-state index is 0.187. The Bertz CT molecular complexity index is 553. The minimum Gasteiger partial charge on any atom is -0.467 e. The van der Waals surface area contributed by atoms with Gasteiger partial charge in [-0.1, -0.05) is 12.1 Å². The molecule has 0 spiro atoms. The highest BCUT2D eigenvalue weighted by Crippen LogP contribution is 2.24. The van der Waals surface area contributed by atoms with Gasteiger partial charge in [-0.15, -0.1) is 0 Å². The maximum absolute atomic E-state index is 12.0. The van der Waals surface area contributed by atoms with Crippen molar-refractivity contribution in [1.82, 2.24) is 4.90 Å². The fourth-order valence-electron chi connectivity index (χ4n) is 1.77. The van der Waals surface area contributed by atoms with Gasteiger partial charge in [0.05, 0.1) is 18.2 Å². The van der Waals surface area contributed by atoms with E-state index in [1.165, 1.54) is 12.1 Å². The lowest BCUT2D eigenvalue weighted by atomic mass is 10.1. The van der Waals surface area contributed by atoms with Gasteiger partial charge in [-0.3, -0.25) is 9.59 Å². The first-order valence-corrected chi connectivity index (χ1v) is 5.06. The van der Waals surface area contributed by atoms with Gasteiger partial charge in [0.25, 0.3) is 11.8 Å². The number of fused-ring (bicyclic) bond motifs is 1. The molecule has 1 aliphatic heterocycles. The molecule has 90 valence electrons. The van der Waals surface area contributed by atoms with E-state index in [0.717, 1.165) is 7.11 Å². The Hall–Kier alpha value is -2.68. The molecular weight excluding hydrogens is 236 g/mol. The standard InChI is InChI=1S/C12H8N2O4/c1-18-12(17)9(6-13)14-10(15)7-4-2-3-5-8(7)11(14)16/h2-5,9H,1H3. The monoisotopic (exact) mass is 244 g/mol. The predicted octanol–water partition coefficient (Wildman–Crippen LogP) is 0.348. The third-order valence-corrected chi connectivity index (χ3v) is 2.63. The summed E-state index contributed by atoms with van der Waals surface area (Å²) in [6.45, 7) is 0. The zero-order chi connectivity index (χ0) is 13.3. The predicted molar refractivity (Wildman–Crippen MR) is 58.4 cm³/mol. The summed E-state index contributed by atoms with van der Waals surface area (Å²) in [5.74, 6) is -2.26. The Morgan fingerprint density at radius 1 is 1.28 bits per heavy atom. The molecule has 1 aliphatic rings. The molecule has 6 nitrogen and oxygen atoms in total. The van der Waals surface area contributed by atoms with Crippen molar-refractivity contribution in [2.75, 3.05) is 7.11 Å². The largest absolute Gasteiger partial charge is 0.467 e. The van der Waals surface area contributed by atoms with E-state index in [1.54, 1.807) is 18.2 Å². The lowest BCUT2D eigenvalue weighted by Crippen LogP contribution is -2.44. The van der Waals surface area contributed by atoms with E-state index >= 15 is 0 Å². The molecule has 2 rings (SSSR count). The molecule has 0 bridgehead atoms. The summed E-state index contributed by atoms with van der Waals surface area (Å²) in [5.41, 5.74) is 0.373. The van der Waals surface area contributed by atoms with Gasteiger partial charge < -0.3 is 4.74 Å². The second kappa shape index (κ2) is 4.30. The molecule has 0 fully saturated rings. The average Bonchev–Trinajstić information content (AvgIpc) is 2.65. The quantitative estimate of drug-likeness (QED) is 0.553. The number of esters is 1. The topological polar surface area (TPSA) is 87.5 Å². The number of benzene rings is 1. The molecule has 0 aliphatic carbocycles. The fraction of sp³-hybridized carbons (Fsp3) is 0.167. The molecular formula is C12H8N2O4. The molecule has 0 aromatic heterocycles. The van der Waals surface area contributed by atoms with Crippen LogP contribution < -0.4 is 0 Å². The average molecular weight is 244 g/mol. The van der Waals surface area contributed by atoms with Crippen molar-refractivity contribution in [3.63, 3.8) is 0 Å². The lowest BCUT2D eigenvalue weighted by Gasteiger charge is -2.17. The number of ether oxygens (including phenoxy) is 1. The molecule has 0 N–H and O–H groups in total. The smallest absolute Gasteiger partial charge is 0.344 e. The second-order valence-electron chi connectivity index (χ2n) is 3.58. The number of methoxy groups -OCH3 is 1. The van der Waals surface area contributed by atoms with E-state index in [0.29, 0.717) is 4.90 Å². The number of rotatable bonds is 2. The third kappa shape index (κ3) is 1.53. The van der Waals surface area contributed by atoms with Crippen LogP contribution >= 0.6 is 0 Å². The molecule has 1 atom stereocenters. The Kier molecular flexibility index (Phi) is 2.81. The van der Waals surface area contributed by atoms with Gasteiger partial charge in [0, 0.05) is 0 Å². The van der Waals surface area contributed by atoms with Crippen LogP contribution in [0.5, 0.6) is 0 Å². The molecule has 18 heavy (non-hydrogen) atoms. The first kappa shape index (κ1) is 11.8. The van der Waals surface area contributed by atoms with E-state index in [4.69, 9.17) is 5.26 Å². The van der Waals surface area contributed by atoms with Gasteiger partial charge >= 0.3 is 5.97 Å². The van der Waals surface area contributed by atoms with Crippen LogP contribution in [-0.2, 0) is 9.53 Å². The number of carbonyl (C=O) groups is 3. The van der Waals surface area contributed by atoms with Crippen LogP contribution in [0.1, 0.15) is 20.7 Å². The number of hydrogen-bond acceptors (Lipinski definition) is 5. The summed E-state index contributed by atoms with van der Waals surface area (Å²) in [6, 6.07) is 6.20. The molecule has 1 aromatic rings. The first-order valence-electron chi connectivity index (χ1n) is 5.06. The molecule has 6 heteroatoms. The van der Waals surface area contributed by atoms with E-state index in [2.05, 4.69) is 4.74 Å². The van der Waals surface area contributed by atoms with Gasteiger partial charge in [-0.2, -0.15) is 5.26 Å². The summed E-state index contributed by atoms with van der Waals surface area (Å²) >= 11 is 0. The van der Waals surface area contributed by atoms with Crippen molar-refractivity contribution < 1.29 is 19.1 Å². The molecule has 0 saturated carbocycles. The zero-order valence-electron chi connectivity index (χ0n) is 9.41. The Morgan fingerprint density at radius 3 is 2.17 bits per heavy atom. The molecule has 1 unspecified atom stereocenters. The van der Waals surface area contributed by atoms with Crippen molar-refractivity contribution in [1.29, 1.82) is 5.26 Å². The Labute approximate surface area is 102 Å². The fourth-order valence-corrected chi connectivity index (χ4v) is 1.77. The number of nitrogens with zero attached hydrogens (tertiary/aromatic N) is 2. The van der Waals surface area contributed by atoms with Gasteiger partial charge in [0.15, 0.2) is 0 Å². The number of amides is 2. The number of imide groups is 1. The van der Waals surface area contributed by atoms with Crippen LogP contribution in [0, 0.1) is 11.3 Å². The van der Waals surface area contributed by atoms with Crippen LogP contribution in [-0.4, -0.2) is 35.8 Å². The van der Waals surface area contributed by atoms with Crippen LogP contribution in [0.25, 0.3) is 0 Å². The number of carbonyl (C=O) groups excluding carboxylic acids is 3. The highest BCUT2D eigenvalue weighted by atomic mass is 16.5. The van der Waals surface area contributed by atoms with Crippen molar-refractivity contribution >= 4 is 17.8 Å². The van der Waals surface area contributed by atoms with Gasteiger partial charge in [-0.05, 0) is 12.1 Å². The van der Waals surface area contributed by atoms with Crippen LogP contribution in [0.2, 0.25) is 0 Å². The summed E-state index contributed by atoms with van der Waals surface area (Å²) in [5, 5.41) is 8.91. The highest BCUT2D eigenvalue weighted by Gasteiger charge is 2.43. The summed E-state index contributed by atoms with van der Waals surface area (Å²) in [6.07, 6.45) is 0. The maximum Gasteiger partial charge on any atom is 0.344 e. The van der Waals surface area contributed by atoms with Crippen molar-refractivity contribution in [3.8, 4) is 6.07 Å². The summed E-state index contributed by atoms with van der Waals surface area (Å²) < 4.78 is 4.40. The van der Waals surface area contributed by atoms with Gasteiger partial charge in [0.2, 0.25) is 6.04 Å². The van der Waals surface area contributed by atoms with Gasteiger partial charge in [0.1, 0.15) is 6.07 Å². The summed E-state index contributed by atoms with van der Waals surface area (Å²) in [7, 11) is 1.09. The molecule has 0 saturated heterocycles. The lowest BCUT2D eigenvalue weighted by molar-refractivity contribution is -0.143. The van der Waals surface area contributed by atoms with E-state index < -0.39 is 23.8 Å². The molecule has 0 radical (unpaired) electrons. The van der Waals surface area contributed by atoms with Crippen molar-refractivity contribution in [2.24, 2.45) is 0 Å². The minimum atomic E-state index is -1.55. The number of nitriles is 1. The van der Waals surface area contributed by atoms with Crippen LogP contribution in [0.3, 0.4) is 0 Å². The SMILES string of the molecule is COC(=O)C(C#N)N1C(=O)c2ccccc2C1=O. The first-order chi connectivity index (χ1) is 8.61. The van der Waals surface area contributed by atoms with E-state index in [1.807, 2.05) is 0 Å². The second-order valence-corrected chi connectivity index (χ2v) is 3.58. The molecule has 1 heterocycles. The van der Waals surface area contributed by atoms with Crippen LogP contribution in [0.15, 0.2) is 24.3 Å².